The fourth-order valence-corrected chi connectivity index (χ4v) is 3.05. The summed E-state index contributed by atoms with van der Waals surface area (Å²) in [6, 6.07) is 9.30. The molecule has 0 unspecified atom stereocenters. The summed E-state index contributed by atoms with van der Waals surface area (Å²) in [6.07, 6.45) is 0.361. The van der Waals surface area contributed by atoms with Gasteiger partial charge >= 0.3 is 0 Å². The summed E-state index contributed by atoms with van der Waals surface area (Å²) in [7, 11) is 0. The van der Waals surface area contributed by atoms with E-state index in [1.54, 1.807) is 17.0 Å². The number of carbonyl (C=O) groups is 2. The van der Waals surface area contributed by atoms with Crippen molar-refractivity contribution >= 4 is 11.8 Å². The van der Waals surface area contributed by atoms with Crippen molar-refractivity contribution in [3.63, 3.8) is 0 Å². The van der Waals surface area contributed by atoms with Gasteiger partial charge in [-0.2, -0.15) is 5.26 Å². The van der Waals surface area contributed by atoms with Gasteiger partial charge in [0.25, 0.3) is 5.91 Å². The van der Waals surface area contributed by atoms with Crippen LogP contribution in [-0.4, -0.2) is 78.9 Å². The molecule has 146 valence electrons. The van der Waals surface area contributed by atoms with Gasteiger partial charge in [-0.15, -0.1) is 0 Å². The van der Waals surface area contributed by atoms with Crippen LogP contribution < -0.4 is 4.74 Å². The number of nitrogens with zero attached hydrogens (tertiary/aromatic N) is 4. The first-order valence-corrected chi connectivity index (χ1v) is 9.44. The number of amides is 2. The fraction of sp³-hybridized carbons (Fsp3) is 0.550. The molecule has 2 amide bonds. The Bertz CT molecular complexity index is 657. The maximum absolute atomic E-state index is 12.3. The molecule has 7 nitrogen and oxygen atoms in total. The molecule has 1 aromatic rings. The van der Waals surface area contributed by atoms with Gasteiger partial charge in [-0.25, -0.2) is 0 Å². The Labute approximate surface area is 161 Å². The summed E-state index contributed by atoms with van der Waals surface area (Å²) >= 11 is 0. The third kappa shape index (κ3) is 6.26. The maximum Gasteiger partial charge on any atom is 0.260 e. The monoisotopic (exact) mass is 372 g/mol. The quantitative estimate of drug-likeness (QED) is 0.684. The van der Waals surface area contributed by atoms with E-state index in [1.807, 2.05) is 30.9 Å². The van der Waals surface area contributed by atoms with E-state index in [1.165, 1.54) is 0 Å². The molecule has 1 aliphatic heterocycles. The van der Waals surface area contributed by atoms with Crippen LogP contribution in [0.1, 0.15) is 19.4 Å². The number of hydrogen-bond donors (Lipinski definition) is 0. The summed E-state index contributed by atoms with van der Waals surface area (Å²) in [5, 5.41) is 8.67. The molecule has 1 heterocycles. The molecule has 1 fully saturated rings. The van der Waals surface area contributed by atoms with Crippen LogP contribution in [-0.2, 0) is 16.0 Å². The second-order valence-corrected chi connectivity index (χ2v) is 6.49. The van der Waals surface area contributed by atoms with Crippen LogP contribution in [0, 0.1) is 11.3 Å². The van der Waals surface area contributed by atoms with Gasteiger partial charge in [-0.3, -0.25) is 14.5 Å². The lowest BCUT2D eigenvalue weighted by molar-refractivity contribution is -0.136. The van der Waals surface area contributed by atoms with E-state index in [9.17, 15) is 9.59 Å². The van der Waals surface area contributed by atoms with E-state index in [4.69, 9.17) is 10.00 Å². The molecular formula is C20H28N4O3. The second-order valence-electron chi connectivity index (χ2n) is 6.49. The molecule has 0 N–H and O–H groups in total. The Kier molecular flexibility index (Phi) is 8.08. The van der Waals surface area contributed by atoms with E-state index in [2.05, 4.69) is 11.0 Å². The smallest absolute Gasteiger partial charge is 0.260 e. The minimum absolute atomic E-state index is 0.00399. The SMILES string of the molecule is CCN(CC)C(=O)CN1CCN(C(=O)COc2ccc(CC#N)cc2)CC1. The third-order valence-corrected chi connectivity index (χ3v) is 4.77. The molecule has 0 radical (unpaired) electrons. The molecule has 1 saturated heterocycles. The van der Waals surface area contributed by atoms with Crippen LogP contribution in [0.25, 0.3) is 0 Å². The highest BCUT2D eigenvalue weighted by atomic mass is 16.5. The molecule has 0 aliphatic carbocycles. The minimum Gasteiger partial charge on any atom is -0.484 e. The molecule has 27 heavy (non-hydrogen) atoms. The van der Waals surface area contributed by atoms with Gasteiger partial charge in [0, 0.05) is 39.3 Å². The van der Waals surface area contributed by atoms with Crippen molar-refractivity contribution in [1.82, 2.24) is 14.7 Å². The molecule has 0 saturated carbocycles. The van der Waals surface area contributed by atoms with Crippen LogP contribution in [0.5, 0.6) is 5.75 Å². The summed E-state index contributed by atoms with van der Waals surface area (Å²) < 4.78 is 5.56. The molecule has 1 aromatic carbocycles. The predicted molar refractivity (Wildman–Crippen MR) is 102 cm³/mol. The molecule has 0 aromatic heterocycles. The highest BCUT2D eigenvalue weighted by Gasteiger charge is 2.23. The number of piperazine rings is 1. The topological polar surface area (TPSA) is 76.9 Å². The molecule has 0 bridgehead atoms. The van der Waals surface area contributed by atoms with Crippen molar-refractivity contribution < 1.29 is 14.3 Å². The van der Waals surface area contributed by atoms with Gasteiger partial charge < -0.3 is 14.5 Å². The highest BCUT2D eigenvalue weighted by molar-refractivity contribution is 5.79. The number of likely N-dealkylation sites (N-methyl/N-ethyl adjacent to an activating group) is 1. The molecular weight excluding hydrogens is 344 g/mol. The van der Waals surface area contributed by atoms with Gasteiger partial charge in [-0.05, 0) is 31.5 Å². The number of benzene rings is 1. The molecule has 2 rings (SSSR count). The predicted octanol–water partition coefficient (Wildman–Crippen LogP) is 1.14. The zero-order valence-electron chi connectivity index (χ0n) is 16.2. The normalized spacial score (nSPS) is 14.5. The first kappa shape index (κ1) is 20.7. The van der Waals surface area contributed by atoms with E-state index in [0.717, 1.165) is 18.7 Å². The largest absolute Gasteiger partial charge is 0.484 e. The van der Waals surface area contributed by atoms with Crippen molar-refractivity contribution in [3.8, 4) is 11.8 Å². The summed E-state index contributed by atoms with van der Waals surface area (Å²) in [5.74, 6) is 0.710. The van der Waals surface area contributed by atoms with Crippen molar-refractivity contribution in [1.29, 1.82) is 5.26 Å². The maximum atomic E-state index is 12.3. The Morgan fingerprint density at radius 1 is 1.11 bits per heavy atom. The minimum atomic E-state index is -0.0502. The lowest BCUT2D eigenvalue weighted by Gasteiger charge is -2.35. The number of carbonyl (C=O) groups excluding carboxylic acids is 2. The Hall–Kier alpha value is -2.59. The Balaban J connectivity index is 1.73. The lowest BCUT2D eigenvalue weighted by atomic mass is 10.2. The van der Waals surface area contributed by atoms with Crippen molar-refractivity contribution in [2.75, 3.05) is 52.4 Å². The summed E-state index contributed by atoms with van der Waals surface area (Å²) in [6.45, 7) is 8.42. The molecule has 1 aliphatic rings. The first-order valence-electron chi connectivity index (χ1n) is 9.44. The second kappa shape index (κ2) is 10.5. The number of rotatable bonds is 8. The van der Waals surface area contributed by atoms with E-state index < -0.39 is 0 Å². The average molecular weight is 372 g/mol. The Morgan fingerprint density at radius 2 is 1.74 bits per heavy atom. The molecule has 0 atom stereocenters. The highest BCUT2D eigenvalue weighted by Crippen LogP contribution is 2.13. The van der Waals surface area contributed by atoms with Crippen molar-refractivity contribution in [3.05, 3.63) is 29.8 Å². The average Bonchev–Trinajstić information content (AvgIpc) is 2.69. The van der Waals surface area contributed by atoms with Gasteiger partial charge in [0.1, 0.15) is 5.75 Å². The van der Waals surface area contributed by atoms with Crippen LogP contribution in [0.3, 0.4) is 0 Å². The molecule has 7 heteroatoms. The molecule has 0 spiro atoms. The zero-order valence-corrected chi connectivity index (χ0v) is 16.2. The van der Waals surface area contributed by atoms with Crippen LogP contribution >= 0.6 is 0 Å². The number of nitriles is 1. The van der Waals surface area contributed by atoms with Gasteiger partial charge in [0.2, 0.25) is 5.91 Å². The lowest BCUT2D eigenvalue weighted by Crippen LogP contribution is -2.52. The fourth-order valence-electron chi connectivity index (χ4n) is 3.05. The number of hydrogen-bond acceptors (Lipinski definition) is 5. The van der Waals surface area contributed by atoms with E-state index in [0.29, 0.717) is 44.9 Å². The van der Waals surface area contributed by atoms with E-state index >= 15 is 0 Å². The standard InChI is InChI=1S/C20H28N4O3/c1-3-23(4-2)19(25)15-22-11-13-24(14-12-22)20(26)16-27-18-7-5-17(6-8-18)9-10-21/h5-8H,3-4,9,11-16H2,1-2H3. The van der Waals surface area contributed by atoms with Gasteiger partial charge in [0.05, 0.1) is 19.0 Å². The Morgan fingerprint density at radius 3 is 2.30 bits per heavy atom. The van der Waals surface area contributed by atoms with Crippen molar-refractivity contribution in [2.45, 2.75) is 20.3 Å². The first-order chi connectivity index (χ1) is 13.1. The van der Waals surface area contributed by atoms with Gasteiger partial charge in [0.15, 0.2) is 6.61 Å². The number of ether oxygens (including phenoxy) is 1. The third-order valence-electron chi connectivity index (χ3n) is 4.77. The summed E-state index contributed by atoms with van der Waals surface area (Å²) in [4.78, 5) is 30.2. The van der Waals surface area contributed by atoms with Crippen molar-refractivity contribution in [2.24, 2.45) is 0 Å². The van der Waals surface area contributed by atoms with Crippen LogP contribution in [0.2, 0.25) is 0 Å². The van der Waals surface area contributed by atoms with Gasteiger partial charge in [-0.1, -0.05) is 12.1 Å². The van der Waals surface area contributed by atoms with E-state index in [-0.39, 0.29) is 18.4 Å². The van der Waals surface area contributed by atoms with Crippen LogP contribution in [0.4, 0.5) is 0 Å². The summed E-state index contributed by atoms with van der Waals surface area (Å²) in [5.41, 5.74) is 0.923. The van der Waals surface area contributed by atoms with Crippen LogP contribution in [0.15, 0.2) is 24.3 Å². The zero-order chi connectivity index (χ0) is 19.6.